The molecule has 0 saturated heterocycles. The number of hydrogen-bond acceptors (Lipinski definition) is 7. The summed E-state index contributed by atoms with van der Waals surface area (Å²) in [6.07, 6.45) is 5.22. The van der Waals surface area contributed by atoms with Crippen molar-refractivity contribution in [3.05, 3.63) is 63.7 Å². The molecule has 4 N–H and O–H groups in total. The predicted molar refractivity (Wildman–Crippen MR) is 123 cm³/mol. The third kappa shape index (κ3) is 8.14. The van der Waals surface area contributed by atoms with Gasteiger partial charge in [-0.2, -0.15) is 11.8 Å². The molecule has 0 aliphatic carbocycles. The number of aromatic hydroxyl groups is 1. The quantitative estimate of drug-likeness (QED) is 0.365. The Morgan fingerprint density at radius 2 is 1.93 bits per heavy atom. The van der Waals surface area contributed by atoms with Crippen molar-refractivity contribution in [1.82, 2.24) is 24.9 Å². The second-order valence-corrected chi connectivity index (χ2v) is 6.85. The van der Waals surface area contributed by atoms with E-state index in [9.17, 15) is 9.90 Å². The number of H-pyrrole nitrogens is 2. The van der Waals surface area contributed by atoms with Gasteiger partial charge < -0.3 is 15.4 Å². The highest BCUT2D eigenvalue weighted by Crippen LogP contribution is 2.12. The van der Waals surface area contributed by atoms with Crippen LogP contribution in [0, 0.1) is 6.92 Å². The Kier molecular flexibility index (Phi) is 12.4. The average Bonchev–Trinajstić information content (AvgIpc) is 3.04. The molecule has 29 heavy (non-hydrogen) atoms. The van der Waals surface area contributed by atoms with Gasteiger partial charge in [-0.3, -0.25) is 9.78 Å². The Morgan fingerprint density at radius 3 is 2.55 bits per heavy atom. The topological polar surface area (TPSA) is 120 Å². The fourth-order valence-electron chi connectivity index (χ4n) is 2.32. The number of thioether (sulfide) groups is 1. The lowest BCUT2D eigenvalue weighted by molar-refractivity contribution is 0.453. The van der Waals surface area contributed by atoms with Gasteiger partial charge in [0.1, 0.15) is 0 Å². The van der Waals surface area contributed by atoms with Crippen LogP contribution in [0.2, 0.25) is 0 Å². The molecule has 8 nitrogen and oxygen atoms in total. The number of aromatic nitrogens is 5. The van der Waals surface area contributed by atoms with Gasteiger partial charge in [-0.1, -0.05) is 6.07 Å². The standard InChI is InChI=1S/C17H20N6O2S.3ClH/c1-11-14(22-10-21-11)9-26-5-4-18-17-20-8-13(16(25)23-17)6-12-2-3-15(24)19-7-12;;;/h2-3,7-8,10H,4-6,9H2,1H3,(H,19,24)(H,21,22)(H2,18,20,23,25);3*1H. The van der Waals surface area contributed by atoms with E-state index in [1.807, 2.05) is 6.92 Å². The van der Waals surface area contributed by atoms with Crippen molar-refractivity contribution in [3.63, 3.8) is 0 Å². The van der Waals surface area contributed by atoms with Crippen molar-refractivity contribution in [2.45, 2.75) is 19.1 Å². The molecular weight excluding hydrogens is 459 g/mol. The van der Waals surface area contributed by atoms with Crippen molar-refractivity contribution in [3.8, 4) is 5.88 Å². The van der Waals surface area contributed by atoms with Crippen LogP contribution in [0.5, 0.6) is 5.88 Å². The molecule has 3 heterocycles. The van der Waals surface area contributed by atoms with Crippen molar-refractivity contribution in [1.29, 1.82) is 0 Å². The molecule has 0 unspecified atom stereocenters. The molecule has 0 aliphatic rings. The van der Waals surface area contributed by atoms with Crippen LogP contribution < -0.4 is 10.9 Å². The van der Waals surface area contributed by atoms with Gasteiger partial charge >= 0.3 is 0 Å². The summed E-state index contributed by atoms with van der Waals surface area (Å²) in [5, 5.41) is 12.3. The molecule has 3 aromatic heterocycles. The molecular formula is C17H23Cl3N6O2S. The normalized spacial score (nSPS) is 9.69. The van der Waals surface area contributed by atoms with E-state index in [4.69, 9.17) is 0 Å². The smallest absolute Gasteiger partial charge is 0.255 e. The lowest BCUT2D eigenvalue weighted by atomic mass is 10.1. The molecule has 160 valence electrons. The summed E-state index contributed by atoms with van der Waals surface area (Å²) in [4.78, 5) is 30.3. The minimum Gasteiger partial charge on any atom is -0.493 e. The summed E-state index contributed by atoms with van der Waals surface area (Å²) in [7, 11) is 0. The van der Waals surface area contributed by atoms with Crippen LogP contribution in [0.3, 0.4) is 0 Å². The average molecular weight is 482 g/mol. The highest BCUT2D eigenvalue weighted by atomic mass is 35.5. The summed E-state index contributed by atoms with van der Waals surface area (Å²) in [5.41, 5.74) is 3.35. The second kappa shape index (κ2) is 13.3. The van der Waals surface area contributed by atoms with Gasteiger partial charge in [-0.05, 0) is 12.5 Å². The summed E-state index contributed by atoms with van der Waals surface area (Å²) in [6.45, 7) is 2.70. The Bertz CT molecular complexity index is 920. The van der Waals surface area contributed by atoms with E-state index in [0.29, 0.717) is 24.5 Å². The third-order valence-electron chi connectivity index (χ3n) is 3.79. The summed E-state index contributed by atoms with van der Waals surface area (Å²) >= 11 is 1.76. The Labute approximate surface area is 191 Å². The summed E-state index contributed by atoms with van der Waals surface area (Å²) in [6, 6.07) is 3.22. The summed E-state index contributed by atoms with van der Waals surface area (Å²) < 4.78 is 0. The van der Waals surface area contributed by atoms with Crippen molar-refractivity contribution in [2.75, 3.05) is 17.6 Å². The first-order valence-corrected chi connectivity index (χ1v) is 9.30. The van der Waals surface area contributed by atoms with Crippen LogP contribution in [-0.4, -0.2) is 42.3 Å². The maximum atomic E-state index is 12.2. The van der Waals surface area contributed by atoms with E-state index in [-0.39, 0.29) is 48.7 Å². The Hall–Kier alpha value is -1.94. The zero-order chi connectivity index (χ0) is 18.4. The van der Waals surface area contributed by atoms with Gasteiger partial charge in [-0.15, -0.1) is 37.2 Å². The van der Waals surface area contributed by atoms with Crippen molar-refractivity contribution >= 4 is 54.9 Å². The molecule has 0 fully saturated rings. The lowest BCUT2D eigenvalue weighted by Gasteiger charge is -2.06. The molecule has 0 aromatic carbocycles. The van der Waals surface area contributed by atoms with E-state index >= 15 is 0 Å². The highest BCUT2D eigenvalue weighted by Gasteiger charge is 2.05. The number of nitrogens with one attached hydrogen (secondary N) is 3. The fourth-order valence-corrected chi connectivity index (χ4v) is 3.20. The van der Waals surface area contributed by atoms with Crippen molar-refractivity contribution in [2.24, 2.45) is 0 Å². The van der Waals surface area contributed by atoms with Gasteiger partial charge in [-0.25, -0.2) is 15.0 Å². The van der Waals surface area contributed by atoms with Gasteiger partial charge in [0.2, 0.25) is 11.8 Å². The monoisotopic (exact) mass is 480 g/mol. The van der Waals surface area contributed by atoms with Gasteiger partial charge in [0.05, 0.1) is 12.0 Å². The second-order valence-electron chi connectivity index (χ2n) is 5.74. The van der Waals surface area contributed by atoms with Crippen molar-refractivity contribution < 1.29 is 5.11 Å². The zero-order valence-corrected chi connectivity index (χ0v) is 18.8. The molecule has 0 aliphatic heterocycles. The molecule has 0 radical (unpaired) electrons. The van der Waals surface area contributed by atoms with Gasteiger partial charge in [0.15, 0.2) is 0 Å². The first-order valence-electron chi connectivity index (χ1n) is 8.14. The maximum absolute atomic E-state index is 12.2. The molecule has 0 spiro atoms. The zero-order valence-electron chi connectivity index (χ0n) is 15.5. The number of rotatable bonds is 8. The fraction of sp³-hybridized carbons (Fsp3) is 0.294. The molecule has 12 heteroatoms. The number of pyridine rings is 1. The molecule has 0 bridgehead atoms. The highest BCUT2D eigenvalue weighted by molar-refractivity contribution is 7.98. The van der Waals surface area contributed by atoms with Crippen LogP contribution in [0.1, 0.15) is 22.5 Å². The maximum Gasteiger partial charge on any atom is 0.255 e. The van der Waals surface area contributed by atoms with Crippen LogP contribution in [0.15, 0.2) is 35.6 Å². The first-order chi connectivity index (χ1) is 12.6. The number of aromatic amines is 2. The number of anilines is 1. The van der Waals surface area contributed by atoms with Gasteiger partial charge in [0.25, 0.3) is 5.56 Å². The number of halogens is 3. The Balaban J connectivity index is 0.00000261. The molecule has 0 atom stereocenters. The number of nitrogens with zero attached hydrogens (tertiary/aromatic N) is 3. The van der Waals surface area contributed by atoms with Crippen LogP contribution in [0.25, 0.3) is 0 Å². The van der Waals surface area contributed by atoms with Crippen LogP contribution in [0.4, 0.5) is 5.95 Å². The van der Waals surface area contributed by atoms with Gasteiger partial charge in [0, 0.05) is 54.2 Å². The molecule has 0 amide bonds. The van der Waals surface area contributed by atoms with E-state index in [1.54, 1.807) is 36.5 Å². The summed E-state index contributed by atoms with van der Waals surface area (Å²) in [5.74, 6) is 2.14. The van der Waals surface area contributed by atoms with Crippen LogP contribution in [-0.2, 0) is 12.2 Å². The van der Waals surface area contributed by atoms with E-state index in [0.717, 1.165) is 28.5 Å². The van der Waals surface area contributed by atoms with E-state index in [1.165, 1.54) is 6.07 Å². The minimum absolute atomic E-state index is 0. The predicted octanol–water partition coefficient (Wildman–Crippen LogP) is 3.10. The molecule has 3 aromatic rings. The number of aryl methyl sites for hydroxylation is 1. The minimum atomic E-state index is -0.185. The Morgan fingerprint density at radius 1 is 1.14 bits per heavy atom. The SMILES string of the molecule is Cc1[nH]cnc1CSCCNc1ncc(Cc2ccc(O)nc2)c(=O)[nH]1.Cl.Cl.Cl. The van der Waals surface area contributed by atoms with Crippen LogP contribution >= 0.6 is 49.0 Å². The van der Waals surface area contributed by atoms with E-state index in [2.05, 4.69) is 30.2 Å². The third-order valence-corrected chi connectivity index (χ3v) is 4.76. The van der Waals surface area contributed by atoms with E-state index < -0.39 is 0 Å². The lowest BCUT2D eigenvalue weighted by Crippen LogP contribution is -2.18. The largest absolute Gasteiger partial charge is 0.493 e. The first kappa shape index (κ1) is 27.1. The molecule has 0 saturated carbocycles. The molecule has 3 rings (SSSR count). The number of imidazole rings is 1. The number of hydrogen-bond donors (Lipinski definition) is 4.